The largest absolute Gasteiger partial charge is 0.289 e. The summed E-state index contributed by atoms with van der Waals surface area (Å²) in [7, 11) is 0. The highest BCUT2D eigenvalue weighted by Crippen LogP contribution is 2.07. The lowest BCUT2D eigenvalue weighted by Crippen LogP contribution is -2.17. The number of nitrogens with one attached hydrogen (secondary N) is 1. The van der Waals surface area contributed by atoms with Crippen molar-refractivity contribution in [1.29, 1.82) is 0 Å². The molecular formula is C15H20N4O2. The highest BCUT2D eigenvalue weighted by atomic mass is 16.5. The minimum atomic E-state index is -0.349. The summed E-state index contributed by atoms with van der Waals surface area (Å²) in [6.07, 6.45) is 4.61. The molecule has 0 bridgehead atoms. The molecule has 2 rings (SSSR count). The molecule has 0 atom stereocenters. The van der Waals surface area contributed by atoms with Crippen LogP contribution in [-0.4, -0.2) is 26.1 Å². The van der Waals surface area contributed by atoms with Gasteiger partial charge in [0.25, 0.3) is 0 Å². The predicted octanol–water partition coefficient (Wildman–Crippen LogP) is 1.85. The van der Waals surface area contributed by atoms with E-state index in [-0.39, 0.29) is 5.91 Å². The second-order valence-corrected chi connectivity index (χ2v) is 5.14. The van der Waals surface area contributed by atoms with Crippen molar-refractivity contribution in [3.63, 3.8) is 0 Å². The molecule has 0 aliphatic carbocycles. The van der Waals surface area contributed by atoms with Crippen molar-refractivity contribution in [1.82, 2.24) is 20.5 Å². The Morgan fingerprint density at radius 2 is 2.05 bits per heavy atom. The number of carbonyl (C=O) groups is 1. The first kappa shape index (κ1) is 15.2. The number of aryl methyl sites for hydroxylation is 2. The molecule has 1 aromatic heterocycles. The predicted molar refractivity (Wildman–Crippen MR) is 77.8 cm³/mol. The molecule has 2 N–H and O–H groups in total. The van der Waals surface area contributed by atoms with Gasteiger partial charge in [0.1, 0.15) is 0 Å². The summed E-state index contributed by atoms with van der Waals surface area (Å²) in [5.74, 6) is -0.349. The molecule has 1 aromatic carbocycles. The Bertz CT molecular complexity index is 578. The lowest BCUT2D eigenvalue weighted by atomic mass is 10.1. The van der Waals surface area contributed by atoms with Crippen LogP contribution in [0.4, 0.5) is 0 Å². The third-order valence-corrected chi connectivity index (χ3v) is 3.26. The first-order chi connectivity index (χ1) is 10.2. The van der Waals surface area contributed by atoms with E-state index >= 15 is 0 Å². The second kappa shape index (κ2) is 7.54. The van der Waals surface area contributed by atoms with E-state index in [4.69, 9.17) is 5.21 Å². The highest BCUT2D eigenvalue weighted by Gasteiger charge is 2.03. The summed E-state index contributed by atoms with van der Waals surface area (Å²) >= 11 is 0. The average molecular weight is 288 g/mol. The van der Waals surface area contributed by atoms with E-state index in [0.29, 0.717) is 13.0 Å². The first-order valence-electron chi connectivity index (χ1n) is 7.05. The summed E-state index contributed by atoms with van der Waals surface area (Å²) in [6.45, 7) is 2.77. The molecule has 0 saturated carbocycles. The summed E-state index contributed by atoms with van der Waals surface area (Å²) in [5.41, 5.74) is 4.98. The number of nitrogens with zero attached hydrogens (tertiary/aromatic N) is 3. The molecular weight excluding hydrogens is 268 g/mol. The molecule has 112 valence electrons. The number of hydrogen-bond acceptors (Lipinski definition) is 4. The zero-order valence-corrected chi connectivity index (χ0v) is 12.1. The van der Waals surface area contributed by atoms with Crippen molar-refractivity contribution in [2.24, 2.45) is 0 Å². The van der Waals surface area contributed by atoms with Gasteiger partial charge in [-0.15, -0.1) is 5.10 Å². The van der Waals surface area contributed by atoms with Crippen LogP contribution in [0, 0.1) is 6.92 Å². The Labute approximate surface area is 123 Å². The van der Waals surface area contributed by atoms with E-state index in [1.807, 2.05) is 10.9 Å². The van der Waals surface area contributed by atoms with Gasteiger partial charge in [-0.05, 0) is 31.7 Å². The Hall–Kier alpha value is -2.21. The molecule has 2 aromatic rings. The van der Waals surface area contributed by atoms with Crippen LogP contribution in [-0.2, 0) is 17.8 Å². The van der Waals surface area contributed by atoms with Crippen molar-refractivity contribution < 1.29 is 10.0 Å². The highest BCUT2D eigenvalue weighted by molar-refractivity contribution is 5.74. The zero-order chi connectivity index (χ0) is 15.1. The molecule has 0 saturated heterocycles. The number of amides is 1. The molecule has 21 heavy (non-hydrogen) atoms. The number of benzene rings is 1. The third-order valence-electron chi connectivity index (χ3n) is 3.26. The Balaban J connectivity index is 1.78. The van der Waals surface area contributed by atoms with Crippen LogP contribution in [0.2, 0.25) is 0 Å². The fraction of sp³-hybridized carbons (Fsp3) is 0.400. The fourth-order valence-corrected chi connectivity index (χ4v) is 2.06. The van der Waals surface area contributed by atoms with Crippen molar-refractivity contribution >= 4 is 5.91 Å². The summed E-state index contributed by atoms with van der Waals surface area (Å²) < 4.78 is 1.82. The van der Waals surface area contributed by atoms with Crippen LogP contribution in [0.25, 0.3) is 0 Å². The van der Waals surface area contributed by atoms with Crippen molar-refractivity contribution in [2.45, 2.75) is 39.2 Å². The third kappa shape index (κ3) is 5.00. The van der Waals surface area contributed by atoms with E-state index < -0.39 is 0 Å². The fourth-order valence-electron chi connectivity index (χ4n) is 2.06. The number of unbranched alkanes of at least 4 members (excludes halogenated alkanes) is 1. The van der Waals surface area contributed by atoms with E-state index in [1.165, 1.54) is 11.1 Å². The van der Waals surface area contributed by atoms with Crippen LogP contribution in [0.15, 0.2) is 30.5 Å². The van der Waals surface area contributed by atoms with Gasteiger partial charge >= 0.3 is 0 Å². The van der Waals surface area contributed by atoms with Crippen molar-refractivity contribution in [3.8, 4) is 0 Å². The van der Waals surface area contributed by atoms with Crippen molar-refractivity contribution in [3.05, 3.63) is 47.3 Å². The number of hydroxylamine groups is 1. The van der Waals surface area contributed by atoms with Crippen LogP contribution in [0.5, 0.6) is 0 Å². The van der Waals surface area contributed by atoms with Crippen LogP contribution in [0.1, 0.15) is 36.1 Å². The second-order valence-electron chi connectivity index (χ2n) is 5.14. The Morgan fingerprint density at radius 3 is 2.76 bits per heavy atom. The molecule has 1 heterocycles. The van der Waals surface area contributed by atoms with Gasteiger partial charge in [0.05, 0.1) is 12.2 Å². The zero-order valence-electron chi connectivity index (χ0n) is 12.1. The van der Waals surface area contributed by atoms with Gasteiger partial charge in [-0.25, -0.2) is 10.2 Å². The monoisotopic (exact) mass is 288 g/mol. The molecule has 1 amide bonds. The molecule has 0 spiro atoms. The van der Waals surface area contributed by atoms with Gasteiger partial charge in [-0.1, -0.05) is 35.0 Å². The lowest BCUT2D eigenvalue weighted by Gasteiger charge is -2.01. The Morgan fingerprint density at radius 1 is 1.29 bits per heavy atom. The minimum absolute atomic E-state index is 0.327. The van der Waals surface area contributed by atoms with Crippen LogP contribution in [0.3, 0.4) is 0 Å². The van der Waals surface area contributed by atoms with E-state index in [2.05, 4.69) is 41.5 Å². The average Bonchev–Trinajstić information content (AvgIpc) is 2.93. The van der Waals surface area contributed by atoms with Gasteiger partial charge in [0, 0.05) is 12.6 Å². The number of rotatable bonds is 7. The standard InChI is InChI=1S/C15H20N4O2/c1-12-6-8-13(9-7-12)10-19-11-14(16-18-19)4-2-3-5-15(20)17-21/h6-9,11,21H,2-5,10H2,1H3,(H,17,20). The normalized spacial score (nSPS) is 10.6. The molecule has 0 aliphatic heterocycles. The molecule has 6 heteroatoms. The molecule has 0 unspecified atom stereocenters. The van der Waals surface area contributed by atoms with Gasteiger partial charge in [0.15, 0.2) is 0 Å². The maximum absolute atomic E-state index is 10.9. The van der Waals surface area contributed by atoms with Gasteiger partial charge in [0.2, 0.25) is 5.91 Å². The number of aromatic nitrogens is 3. The summed E-state index contributed by atoms with van der Waals surface area (Å²) in [4.78, 5) is 10.9. The lowest BCUT2D eigenvalue weighted by molar-refractivity contribution is -0.129. The van der Waals surface area contributed by atoms with E-state index in [1.54, 1.807) is 5.48 Å². The molecule has 0 fully saturated rings. The summed E-state index contributed by atoms with van der Waals surface area (Å²) in [5, 5.41) is 16.6. The maximum atomic E-state index is 10.9. The Kier molecular flexibility index (Phi) is 5.45. The van der Waals surface area contributed by atoms with Gasteiger partial charge in [-0.2, -0.15) is 0 Å². The SMILES string of the molecule is Cc1ccc(Cn2cc(CCCCC(=O)NO)nn2)cc1. The van der Waals surface area contributed by atoms with Crippen molar-refractivity contribution in [2.75, 3.05) is 0 Å². The molecule has 0 aliphatic rings. The smallest absolute Gasteiger partial charge is 0.243 e. The number of hydrogen-bond donors (Lipinski definition) is 2. The van der Waals surface area contributed by atoms with Gasteiger partial charge in [-0.3, -0.25) is 10.0 Å². The van der Waals surface area contributed by atoms with Crippen LogP contribution >= 0.6 is 0 Å². The topological polar surface area (TPSA) is 80.0 Å². The van der Waals surface area contributed by atoms with Crippen LogP contribution < -0.4 is 5.48 Å². The number of carbonyl (C=O) groups excluding carboxylic acids is 1. The summed E-state index contributed by atoms with van der Waals surface area (Å²) in [6, 6.07) is 8.34. The molecule has 0 radical (unpaired) electrons. The van der Waals surface area contributed by atoms with E-state index in [0.717, 1.165) is 25.0 Å². The minimum Gasteiger partial charge on any atom is -0.289 e. The quantitative estimate of drug-likeness (QED) is 0.463. The molecule has 6 nitrogen and oxygen atoms in total. The first-order valence-corrected chi connectivity index (χ1v) is 7.05. The maximum Gasteiger partial charge on any atom is 0.243 e. The van der Waals surface area contributed by atoms with Gasteiger partial charge < -0.3 is 0 Å². The van der Waals surface area contributed by atoms with E-state index in [9.17, 15) is 4.79 Å².